The third kappa shape index (κ3) is 6.51. The fraction of sp³-hybridized carbons (Fsp3) is 0.310. The van der Waals surface area contributed by atoms with E-state index in [2.05, 4.69) is 26.2 Å². The van der Waals surface area contributed by atoms with Gasteiger partial charge in [-0.15, -0.1) is 0 Å². The summed E-state index contributed by atoms with van der Waals surface area (Å²) >= 11 is 0. The van der Waals surface area contributed by atoms with Gasteiger partial charge in [-0.25, -0.2) is 23.6 Å². The van der Waals surface area contributed by atoms with Crippen LogP contribution in [0.5, 0.6) is 0 Å². The Balaban J connectivity index is 1.36. The highest BCUT2D eigenvalue weighted by Crippen LogP contribution is 2.28. The highest BCUT2D eigenvalue weighted by atomic mass is 32.2. The van der Waals surface area contributed by atoms with Gasteiger partial charge in [-0.2, -0.15) is 0 Å². The van der Waals surface area contributed by atoms with Gasteiger partial charge in [0.05, 0.1) is 35.5 Å². The Labute approximate surface area is 227 Å². The van der Waals surface area contributed by atoms with Gasteiger partial charge in [0.2, 0.25) is 5.95 Å². The minimum Gasteiger partial charge on any atom is -0.350 e. The molecule has 39 heavy (non-hydrogen) atoms. The van der Waals surface area contributed by atoms with E-state index in [9.17, 15) is 8.60 Å². The van der Waals surface area contributed by atoms with E-state index in [4.69, 9.17) is 9.97 Å². The van der Waals surface area contributed by atoms with Crippen molar-refractivity contribution in [3.05, 3.63) is 77.7 Å². The number of aryl methyl sites for hydroxylation is 1. The standard InChI is InChI=1S/C29H32F2N6OS/c1-3-21-13-26(35-27-17-33-29(36-28(21)27)34-23-11-20(14-30)15-32-16-23)22-9-10-25(24(31)12-22)37-39(2,38)18-19-7-5-4-6-8-19/h4-10,12-13,17,20,23,32H,2-3,11,14-16,18H2,1H3,(H,37,38)(H,33,34,36)/t20-,23+,39?/m1/s1. The zero-order valence-electron chi connectivity index (χ0n) is 21.8. The van der Waals surface area contributed by atoms with Gasteiger partial charge in [0.1, 0.15) is 11.3 Å². The molecule has 2 aromatic heterocycles. The lowest BCUT2D eigenvalue weighted by molar-refractivity contribution is 0.282. The van der Waals surface area contributed by atoms with Gasteiger partial charge in [-0.05, 0) is 48.0 Å². The molecule has 2 aromatic carbocycles. The van der Waals surface area contributed by atoms with E-state index in [1.807, 2.05) is 43.3 Å². The highest BCUT2D eigenvalue weighted by molar-refractivity contribution is 8.00. The van der Waals surface area contributed by atoms with Crippen LogP contribution in [0.1, 0.15) is 24.5 Å². The van der Waals surface area contributed by atoms with Gasteiger partial charge in [-0.3, -0.25) is 4.39 Å². The normalized spacial score (nSPS) is 18.9. The molecule has 1 fully saturated rings. The molecular formula is C29H32F2N6OS. The molecule has 204 valence electrons. The maximum Gasteiger partial charge on any atom is 0.223 e. The maximum atomic E-state index is 15.1. The second-order valence-electron chi connectivity index (χ2n) is 9.94. The second-order valence-corrected chi connectivity index (χ2v) is 12.1. The van der Waals surface area contributed by atoms with E-state index in [-0.39, 0.29) is 30.1 Å². The van der Waals surface area contributed by atoms with Crippen LogP contribution in [0.15, 0.2) is 60.8 Å². The SMILES string of the molecule is C=S(=O)(Cc1ccccc1)Nc1ccc(-c2cc(CC)c3nc(N[C@@H]4CNC[C@@H](CF)C4)ncc3n2)cc1F. The third-order valence-electron chi connectivity index (χ3n) is 6.80. The largest absolute Gasteiger partial charge is 0.350 e. The summed E-state index contributed by atoms with van der Waals surface area (Å²) in [6.45, 7) is 3.08. The van der Waals surface area contributed by atoms with Gasteiger partial charge >= 0.3 is 0 Å². The van der Waals surface area contributed by atoms with Crippen LogP contribution in [-0.2, 0) is 21.9 Å². The average molecular weight is 551 g/mol. The Bertz CT molecular complexity index is 1570. The Morgan fingerprint density at radius 1 is 1.13 bits per heavy atom. The van der Waals surface area contributed by atoms with Crippen LogP contribution in [0, 0.1) is 11.7 Å². The molecule has 0 amide bonds. The first-order valence-corrected chi connectivity index (χ1v) is 14.9. The molecule has 3 N–H and O–H groups in total. The molecule has 0 aliphatic carbocycles. The quantitative estimate of drug-likeness (QED) is 0.254. The van der Waals surface area contributed by atoms with Crippen molar-refractivity contribution < 1.29 is 13.0 Å². The monoisotopic (exact) mass is 550 g/mol. The van der Waals surface area contributed by atoms with Crippen LogP contribution in [0.4, 0.5) is 20.4 Å². The summed E-state index contributed by atoms with van der Waals surface area (Å²) in [6.07, 6.45) is 3.07. The predicted octanol–water partition coefficient (Wildman–Crippen LogP) is 5.00. The molecule has 7 nitrogen and oxygen atoms in total. The lowest BCUT2D eigenvalue weighted by Gasteiger charge is -2.29. The van der Waals surface area contributed by atoms with Gasteiger partial charge in [-0.1, -0.05) is 43.3 Å². The Kier molecular flexibility index (Phi) is 8.04. The van der Waals surface area contributed by atoms with Crippen LogP contribution in [0.3, 0.4) is 0 Å². The first-order valence-electron chi connectivity index (χ1n) is 13.0. The van der Waals surface area contributed by atoms with Gasteiger partial charge in [0.25, 0.3) is 0 Å². The van der Waals surface area contributed by atoms with Crippen molar-refractivity contribution in [2.24, 2.45) is 5.92 Å². The molecule has 1 aliphatic rings. The summed E-state index contributed by atoms with van der Waals surface area (Å²) < 4.78 is 44.0. The molecule has 1 aliphatic heterocycles. The number of nitrogens with one attached hydrogen (secondary N) is 3. The molecule has 1 unspecified atom stereocenters. The topological polar surface area (TPSA) is 91.8 Å². The smallest absolute Gasteiger partial charge is 0.223 e. The maximum absolute atomic E-state index is 15.1. The number of hydrogen-bond acceptors (Lipinski definition) is 6. The first kappa shape index (κ1) is 27.0. The van der Waals surface area contributed by atoms with Crippen molar-refractivity contribution in [3.63, 3.8) is 0 Å². The number of benzene rings is 2. The van der Waals surface area contributed by atoms with Crippen molar-refractivity contribution in [2.75, 3.05) is 29.8 Å². The van der Waals surface area contributed by atoms with E-state index in [0.29, 0.717) is 42.1 Å². The summed E-state index contributed by atoms with van der Waals surface area (Å²) in [7, 11) is -2.80. The number of hydrogen-bond donors (Lipinski definition) is 3. The summed E-state index contributed by atoms with van der Waals surface area (Å²) in [6, 6.07) is 16.0. The Morgan fingerprint density at radius 3 is 2.69 bits per heavy atom. The summed E-state index contributed by atoms with van der Waals surface area (Å²) in [4.78, 5) is 13.8. The minimum atomic E-state index is -2.80. The van der Waals surface area contributed by atoms with Crippen LogP contribution in [0.2, 0.25) is 0 Å². The second kappa shape index (κ2) is 11.6. The number of alkyl halides is 1. The van der Waals surface area contributed by atoms with E-state index in [0.717, 1.165) is 23.2 Å². The zero-order chi connectivity index (χ0) is 27.4. The molecule has 4 aromatic rings. The average Bonchev–Trinajstić information content (AvgIpc) is 2.94. The molecule has 10 heteroatoms. The van der Waals surface area contributed by atoms with Crippen molar-refractivity contribution in [1.29, 1.82) is 0 Å². The summed E-state index contributed by atoms with van der Waals surface area (Å²) in [5, 5.41) is 6.57. The van der Waals surface area contributed by atoms with Crippen LogP contribution >= 0.6 is 0 Å². The minimum absolute atomic E-state index is 0.0157. The molecule has 1 saturated heterocycles. The summed E-state index contributed by atoms with van der Waals surface area (Å²) in [5.74, 6) is 3.90. The van der Waals surface area contributed by atoms with E-state index in [1.54, 1.807) is 18.3 Å². The van der Waals surface area contributed by atoms with Gasteiger partial charge in [0, 0.05) is 40.3 Å². The number of nitrogens with zero attached hydrogens (tertiary/aromatic N) is 3. The lowest BCUT2D eigenvalue weighted by Crippen LogP contribution is -2.44. The third-order valence-corrected chi connectivity index (χ3v) is 8.19. The lowest BCUT2D eigenvalue weighted by atomic mass is 9.97. The van der Waals surface area contributed by atoms with E-state index in [1.165, 1.54) is 6.07 Å². The number of pyridine rings is 1. The summed E-state index contributed by atoms with van der Waals surface area (Å²) in [5.41, 5.74) is 4.43. The predicted molar refractivity (Wildman–Crippen MR) is 155 cm³/mol. The molecule has 0 spiro atoms. The molecular weight excluding hydrogens is 518 g/mol. The van der Waals surface area contributed by atoms with Crippen molar-refractivity contribution >= 4 is 38.2 Å². The number of fused-ring (bicyclic) bond motifs is 1. The van der Waals surface area contributed by atoms with Crippen molar-refractivity contribution in [1.82, 2.24) is 20.3 Å². The molecule has 0 radical (unpaired) electrons. The number of anilines is 2. The molecule has 3 heterocycles. The van der Waals surface area contributed by atoms with Crippen LogP contribution in [-0.4, -0.2) is 50.8 Å². The zero-order valence-corrected chi connectivity index (χ0v) is 22.6. The number of rotatable bonds is 9. The van der Waals surface area contributed by atoms with Crippen LogP contribution < -0.4 is 15.4 Å². The fourth-order valence-electron chi connectivity index (χ4n) is 4.85. The number of halogens is 2. The van der Waals surface area contributed by atoms with Crippen molar-refractivity contribution in [2.45, 2.75) is 31.6 Å². The number of piperidine rings is 1. The Hall–Kier alpha value is -3.63. The van der Waals surface area contributed by atoms with Crippen molar-refractivity contribution in [3.8, 4) is 11.3 Å². The molecule has 0 bridgehead atoms. The van der Waals surface area contributed by atoms with Gasteiger partial charge in [0.15, 0.2) is 0 Å². The highest BCUT2D eigenvalue weighted by Gasteiger charge is 2.22. The van der Waals surface area contributed by atoms with E-state index >= 15 is 4.39 Å². The van der Waals surface area contributed by atoms with Crippen LogP contribution in [0.25, 0.3) is 22.3 Å². The Morgan fingerprint density at radius 2 is 1.95 bits per heavy atom. The molecule has 5 rings (SSSR count). The number of aromatic nitrogens is 3. The first-order chi connectivity index (χ1) is 18.8. The fourth-order valence-corrected chi connectivity index (χ4v) is 6.22. The van der Waals surface area contributed by atoms with Gasteiger partial charge < -0.3 is 15.4 Å². The molecule has 3 atom stereocenters. The molecule has 0 saturated carbocycles. The van der Waals surface area contributed by atoms with E-state index < -0.39 is 15.5 Å².